The van der Waals surface area contributed by atoms with E-state index in [-0.39, 0.29) is 34.7 Å². The Labute approximate surface area is 165 Å². The number of hydrogen-bond donors (Lipinski definition) is 2. The summed E-state index contributed by atoms with van der Waals surface area (Å²) in [5, 5.41) is 3.96. The number of carbonyl (C=O) groups excluding carboxylic acids is 3. The molecule has 2 aromatic rings. The average molecular weight is 403 g/mol. The number of nitrogens with zero attached hydrogens (tertiary/aromatic N) is 1. The van der Waals surface area contributed by atoms with Gasteiger partial charge in [-0.2, -0.15) is 0 Å². The molecule has 146 valence electrons. The van der Waals surface area contributed by atoms with Gasteiger partial charge in [-0.3, -0.25) is 19.7 Å². The second-order valence-electron chi connectivity index (χ2n) is 5.98. The summed E-state index contributed by atoms with van der Waals surface area (Å²) in [6.07, 6.45) is 1.81. The fourth-order valence-corrected chi connectivity index (χ4v) is 3.58. The maximum Gasteiger partial charge on any atom is 0.286 e. The van der Waals surface area contributed by atoms with Gasteiger partial charge in [-0.05, 0) is 37.1 Å². The standard InChI is InChI=1S/C19H18FN3O4S/c1-2-27-18-13(4-3-7-21-18)16(24)22-10-12-8-11(5-6-14(12)20)9-15-17(25)23-19(26)28-15/h3-8,15H,2,9-10H2,1H3,(H,22,24)(H,23,25,26). The van der Waals surface area contributed by atoms with Crippen molar-refractivity contribution < 1.29 is 23.5 Å². The molecule has 0 radical (unpaired) electrons. The van der Waals surface area contributed by atoms with E-state index in [9.17, 15) is 18.8 Å². The molecule has 3 amide bonds. The van der Waals surface area contributed by atoms with Crippen molar-refractivity contribution in [2.45, 2.75) is 25.1 Å². The van der Waals surface area contributed by atoms with E-state index in [1.807, 2.05) is 0 Å². The zero-order valence-electron chi connectivity index (χ0n) is 15.0. The molecule has 1 fully saturated rings. The van der Waals surface area contributed by atoms with Crippen molar-refractivity contribution in [1.29, 1.82) is 0 Å². The van der Waals surface area contributed by atoms with Crippen molar-refractivity contribution in [1.82, 2.24) is 15.6 Å². The SMILES string of the molecule is CCOc1ncccc1C(=O)NCc1cc(CC2SC(=O)NC2=O)ccc1F. The molecule has 1 unspecified atom stereocenters. The first kappa shape index (κ1) is 19.8. The van der Waals surface area contributed by atoms with E-state index < -0.39 is 17.0 Å². The molecule has 1 aromatic heterocycles. The third-order valence-corrected chi connectivity index (χ3v) is 5.02. The second kappa shape index (κ2) is 8.83. The number of benzene rings is 1. The van der Waals surface area contributed by atoms with E-state index in [0.29, 0.717) is 18.6 Å². The van der Waals surface area contributed by atoms with Gasteiger partial charge in [0, 0.05) is 18.3 Å². The number of imide groups is 1. The number of pyridine rings is 1. The van der Waals surface area contributed by atoms with Crippen molar-refractivity contribution in [2.75, 3.05) is 6.61 Å². The minimum atomic E-state index is -0.537. The molecule has 0 aliphatic carbocycles. The fourth-order valence-electron chi connectivity index (χ4n) is 2.72. The highest BCUT2D eigenvalue weighted by atomic mass is 32.2. The van der Waals surface area contributed by atoms with E-state index >= 15 is 0 Å². The summed E-state index contributed by atoms with van der Waals surface area (Å²) in [5.74, 6) is -1.04. The van der Waals surface area contributed by atoms with Crippen LogP contribution in [0.4, 0.5) is 9.18 Å². The van der Waals surface area contributed by atoms with Crippen LogP contribution in [0, 0.1) is 5.82 Å². The molecule has 0 bridgehead atoms. The summed E-state index contributed by atoms with van der Waals surface area (Å²) in [5.41, 5.74) is 1.24. The summed E-state index contributed by atoms with van der Waals surface area (Å²) in [6, 6.07) is 7.62. The van der Waals surface area contributed by atoms with Gasteiger partial charge in [0.25, 0.3) is 11.1 Å². The normalized spacial score (nSPS) is 16.0. The zero-order chi connectivity index (χ0) is 20.1. The molecule has 2 heterocycles. The Morgan fingerprint density at radius 1 is 1.36 bits per heavy atom. The van der Waals surface area contributed by atoms with Gasteiger partial charge in [0.05, 0.1) is 11.9 Å². The Morgan fingerprint density at radius 2 is 2.18 bits per heavy atom. The first-order valence-corrected chi connectivity index (χ1v) is 9.50. The lowest BCUT2D eigenvalue weighted by molar-refractivity contribution is -0.118. The van der Waals surface area contributed by atoms with Crippen molar-refractivity contribution in [3.8, 4) is 5.88 Å². The number of ether oxygens (including phenoxy) is 1. The Balaban J connectivity index is 1.68. The molecular formula is C19H18FN3O4S. The van der Waals surface area contributed by atoms with Gasteiger partial charge in [0.15, 0.2) is 0 Å². The Kier molecular flexibility index (Phi) is 6.25. The number of halogens is 1. The summed E-state index contributed by atoms with van der Waals surface area (Å²) >= 11 is 0.916. The molecule has 1 aliphatic rings. The van der Waals surface area contributed by atoms with Crippen molar-refractivity contribution in [2.24, 2.45) is 0 Å². The van der Waals surface area contributed by atoms with Gasteiger partial charge in [0.1, 0.15) is 11.4 Å². The number of hydrogen-bond acceptors (Lipinski definition) is 6. The molecular weight excluding hydrogens is 385 g/mol. The van der Waals surface area contributed by atoms with Crippen LogP contribution in [-0.4, -0.2) is 33.9 Å². The summed E-state index contributed by atoms with van der Waals surface area (Å²) in [7, 11) is 0. The number of aromatic nitrogens is 1. The van der Waals surface area contributed by atoms with Gasteiger partial charge in [-0.1, -0.05) is 23.9 Å². The Hall–Kier alpha value is -2.94. The number of thioether (sulfide) groups is 1. The van der Waals surface area contributed by atoms with E-state index in [2.05, 4.69) is 15.6 Å². The van der Waals surface area contributed by atoms with Crippen LogP contribution in [0.5, 0.6) is 5.88 Å². The van der Waals surface area contributed by atoms with E-state index in [1.165, 1.54) is 12.3 Å². The average Bonchev–Trinajstić information content (AvgIpc) is 2.99. The maximum atomic E-state index is 14.1. The van der Waals surface area contributed by atoms with E-state index in [4.69, 9.17) is 4.74 Å². The molecule has 9 heteroatoms. The smallest absolute Gasteiger partial charge is 0.286 e. The van der Waals surface area contributed by atoms with Gasteiger partial charge < -0.3 is 10.1 Å². The number of amides is 3. The number of carbonyl (C=O) groups is 3. The molecule has 7 nitrogen and oxygen atoms in total. The highest BCUT2D eigenvalue weighted by Crippen LogP contribution is 2.24. The fraction of sp³-hybridized carbons (Fsp3) is 0.263. The first-order valence-electron chi connectivity index (χ1n) is 8.62. The maximum absolute atomic E-state index is 14.1. The highest BCUT2D eigenvalue weighted by molar-refractivity contribution is 8.15. The molecule has 1 atom stereocenters. The van der Waals surface area contributed by atoms with Crippen LogP contribution in [0.15, 0.2) is 36.5 Å². The molecule has 1 aliphatic heterocycles. The van der Waals surface area contributed by atoms with Crippen LogP contribution in [-0.2, 0) is 17.8 Å². The van der Waals surface area contributed by atoms with Crippen molar-refractivity contribution in [3.05, 3.63) is 59.0 Å². The predicted octanol–water partition coefficient (Wildman–Crippen LogP) is 2.44. The Bertz CT molecular complexity index is 922. The van der Waals surface area contributed by atoms with Gasteiger partial charge in [-0.25, -0.2) is 9.37 Å². The third kappa shape index (κ3) is 4.66. The van der Waals surface area contributed by atoms with Gasteiger partial charge in [-0.15, -0.1) is 0 Å². The summed E-state index contributed by atoms with van der Waals surface area (Å²) in [6.45, 7) is 2.11. The monoisotopic (exact) mass is 403 g/mol. The van der Waals surface area contributed by atoms with E-state index in [1.54, 1.807) is 31.2 Å². The topological polar surface area (TPSA) is 97.4 Å². The van der Waals surface area contributed by atoms with Crippen LogP contribution in [0.2, 0.25) is 0 Å². The molecule has 28 heavy (non-hydrogen) atoms. The zero-order valence-corrected chi connectivity index (χ0v) is 15.8. The summed E-state index contributed by atoms with van der Waals surface area (Å²) in [4.78, 5) is 39.4. The van der Waals surface area contributed by atoms with Crippen LogP contribution < -0.4 is 15.4 Å². The first-order chi connectivity index (χ1) is 13.5. The summed E-state index contributed by atoms with van der Waals surface area (Å²) < 4.78 is 19.5. The lowest BCUT2D eigenvalue weighted by Gasteiger charge is -2.11. The van der Waals surface area contributed by atoms with Crippen LogP contribution in [0.1, 0.15) is 28.4 Å². The lowest BCUT2D eigenvalue weighted by atomic mass is 10.0. The molecule has 1 aromatic carbocycles. The molecule has 2 N–H and O–H groups in total. The van der Waals surface area contributed by atoms with Gasteiger partial charge in [0.2, 0.25) is 11.8 Å². The van der Waals surface area contributed by atoms with Crippen LogP contribution in [0.25, 0.3) is 0 Å². The quantitative estimate of drug-likeness (QED) is 0.737. The minimum Gasteiger partial charge on any atom is -0.477 e. The lowest BCUT2D eigenvalue weighted by Crippen LogP contribution is -2.26. The second-order valence-corrected chi connectivity index (χ2v) is 7.16. The number of nitrogens with one attached hydrogen (secondary N) is 2. The highest BCUT2D eigenvalue weighted by Gasteiger charge is 2.31. The molecule has 3 rings (SSSR count). The molecule has 1 saturated heterocycles. The third-order valence-electron chi connectivity index (χ3n) is 4.03. The Morgan fingerprint density at radius 3 is 2.89 bits per heavy atom. The van der Waals surface area contributed by atoms with Gasteiger partial charge >= 0.3 is 0 Å². The number of rotatable bonds is 7. The molecule has 0 saturated carbocycles. The van der Waals surface area contributed by atoms with Crippen LogP contribution in [0.3, 0.4) is 0 Å². The molecule has 0 spiro atoms. The minimum absolute atomic E-state index is 0.0398. The predicted molar refractivity (Wildman–Crippen MR) is 102 cm³/mol. The van der Waals surface area contributed by atoms with Crippen LogP contribution >= 0.6 is 11.8 Å². The largest absolute Gasteiger partial charge is 0.477 e. The van der Waals surface area contributed by atoms with Crippen molar-refractivity contribution >= 4 is 28.8 Å². The van der Waals surface area contributed by atoms with E-state index in [0.717, 1.165) is 11.8 Å². The van der Waals surface area contributed by atoms with Crippen molar-refractivity contribution in [3.63, 3.8) is 0 Å².